The van der Waals surface area contributed by atoms with E-state index >= 15 is 0 Å². The first-order valence-corrected chi connectivity index (χ1v) is 12.2. The highest BCUT2D eigenvalue weighted by Crippen LogP contribution is 2.31. The van der Waals surface area contributed by atoms with Gasteiger partial charge in [0.05, 0.1) is 17.4 Å². The minimum Gasteiger partial charge on any atom is -0.404 e. The van der Waals surface area contributed by atoms with E-state index in [1.165, 1.54) is 5.69 Å². The van der Waals surface area contributed by atoms with Gasteiger partial charge in [0.25, 0.3) is 0 Å². The third-order valence-electron chi connectivity index (χ3n) is 6.08. The molecule has 4 heterocycles. The Morgan fingerprint density at radius 1 is 1.09 bits per heavy atom. The summed E-state index contributed by atoms with van der Waals surface area (Å²) in [5.74, 6) is 0. The van der Waals surface area contributed by atoms with Crippen LogP contribution in [0, 0.1) is 0 Å². The van der Waals surface area contributed by atoms with Crippen LogP contribution in [0.4, 0.5) is 5.69 Å². The van der Waals surface area contributed by atoms with Crippen molar-refractivity contribution in [1.82, 2.24) is 24.5 Å². The van der Waals surface area contributed by atoms with E-state index in [1.807, 2.05) is 28.9 Å². The predicted molar refractivity (Wildman–Crippen MR) is 140 cm³/mol. The van der Waals surface area contributed by atoms with Gasteiger partial charge in [-0.05, 0) is 68.2 Å². The van der Waals surface area contributed by atoms with Gasteiger partial charge in [0.2, 0.25) is 0 Å². The highest BCUT2D eigenvalue weighted by Gasteiger charge is 2.14. The third-order valence-corrected chi connectivity index (χ3v) is 7.03. The molecule has 0 bridgehead atoms. The molecule has 4 aromatic rings. The summed E-state index contributed by atoms with van der Waals surface area (Å²) < 4.78 is 1.99. The van der Waals surface area contributed by atoms with Crippen LogP contribution in [0.15, 0.2) is 70.0 Å². The first kappa shape index (κ1) is 22.4. The Labute approximate surface area is 203 Å². The Kier molecular flexibility index (Phi) is 6.46. The first-order valence-electron chi connectivity index (χ1n) is 11.3. The average molecular weight is 473 g/mol. The average Bonchev–Trinajstić information content (AvgIpc) is 3.12. The Balaban J connectivity index is 1.44. The maximum atomic E-state index is 5.80. The summed E-state index contributed by atoms with van der Waals surface area (Å²) in [6.45, 7) is 4.29. The monoisotopic (exact) mass is 472 g/mol. The smallest absolute Gasteiger partial charge is 0.200 e. The zero-order valence-corrected chi connectivity index (χ0v) is 20.2. The number of hydrogen-bond acceptors (Lipinski definition) is 8. The van der Waals surface area contributed by atoms with E-state index in [0.717, 1.165) is 70.3 Å². The lowest BCUT2D eigenvalue weighted by Crippen LogP contribution is -2.28. The van der Waals surface area contributed by atoms with Crippen molar-refractivity contribution in [3.63, 3.8) is 0 Å². The standard InChI is InChI=1S/C25H28N8S/c1-27-15-20(14-26)18-4-7-24-29-30-25(33(24)17-18)34-22-5-6-23-19(13-22)12-21(16-28-23)32-9-3-8-31(2)10-11-32/h4-7,12-17H,3,8-11,26H2,1-2H3. The fraction of sp³-hybridized carbons (Fsp3) is 0.280. The molecule has 9 heteroatoms. The number of aromatic nitrogens is 4. The van der Waals surface area contributed by atoms with Crippen LogP contribution in [0.2, 0.25) is 0 Å². The largest absolute Gasteiger partial charge is 0.404 e. The number of fused-ring (bicyclic) bond motifs is 2. The lowest BCUT2D eigenvalue weighted by Gasteiger charge is -2.22. The predicted octanol–water partition coefficient (Wildman–Crippen LogP) is 3.57. The maximum Gasteiger partial charge on any atom is 0.200 e. The summed E-state index contributed by atoms with van der Waals surface area (Å²) in [5, 5.41) is 10.7. The molecule has 174 valence electrons. The molecule has 0 amide bonds. The van der Waals surface area contributed by atoms with Gasteiger partial charge in [0.15, 0.2) is 10.8 Å². The molecule has 1 aliphatic rings. The molecule has 1 saturated heterocycles. The Morgan fingerprint density at radius 3 is 2.85 bits per heavy atom. The molecule has 1 aliphatic heterocycles. The number of hydrogen-bond donors (Lipinski definition) is 1. The van der Waals surface area contributed by atoms with E-state index in [9.17, 15) is 0 Å². The molecule has 0 radical (unpaired) electrons. The van der Waals surface area contributed by atoms with Gasteiger partial charge in [-0.2, -0.15) is 0 Å². The van der Waals surface area contributed by atoms with Crippen molar-refractivity contribution in [1.29, 1.82) is 0 Å². The van der Waals surface area contributed by atoms with Gasteiger partial charge in [0.1, 0.15) is 0 Å². The Bertz CT molecular complexity index is 1380. The van der Waals surface area contributed by atoms with E-state index in [2.05, 4.69) is 56.3 Å². The molecule has 0 aliphatic carbocycles. The number of aliphatic imine (C=N–C) groups is 1. The highest BCUT2D eigenvalue weighted by molar-refractivity contribution is 7.99. The molecule has 0 saturated carbocycles. The number of allylic oxidation sites excluding steroid dienone is 1. The lowest BCUT2D eigenvalue weighted by molar-refractivity contribution is 0.360. The molecule has 1 fully saturated rings. The SMILES string of the molecule is CN=CC(=CN)c1ccc2nnc(Sc3ccc4ncc(N5CCCN(C)CC5)cc4c3)n2c1. The summed E-state index contributed by atoms with van der Waals surface area (Å²) in [4.78, 5) is 14.7. The Morgan fingerprint density at radius 2 is 2.00 bits per heavy atom. The molecule has 1 aromatic carbocycles. The van der Waals surface area contributed by atoms with Crippen molar-refractivity contribution in [2.75, 3.05) is 45.2 Å². The molecule has 3 aromatic heterocycles. The van der Waals surface area contributed by atoms with Crippen LogP contribution in [-0.2, 0) is 0 Å². The van der Waals surface area contributed by atoms with E-state index < -0.39 is 0 Å². The maximum absolute atomic E-state index is 5.80. The summed E-state index contributed by atoms with van der Waals surface area (Å²) in [7, 11) is 3.92. The van der Waals surface area contributed by atoms with Crippen LogP contribution in [0.5, 0.6) is 0 Å². The molecule has 0 spiro atoms. The molecular formula is C25H28N8S. The van der Waals surface area contributed by atoms with E-state index in [0.29, 0.717) is 0 Å². The number of benzene rings is 1. The Hall–Kier alpha value is -3.43. The van der Waals surface area contributed by atoms with Crippen molar-refractivity contribution in [2.45, 2.75) is 16.5 Å². The third kappa shape index (κ3) is 4.62. The van der Waals surface area contributed by atoms with Gasteiger partial charge in [-0.25, -0.2) is 0 Å². The van der Waals surface area contributed by atoms with Crippen LogP contribution >= 0.6 is 11.8 Å². The summed E-state index contributed by atoms with van der Waals surface area (Å²) in [6.07, 6.45) is 8.46. The van der Waals surface area contributed by atoms with Gasteiger partial charge in [-0.3, -0.25) is 14.4 Å². The number of likely N-dealkylation sites (N-methyl/N-ethyl adjacent to an activating group) is 1. The van der Waals surface area contributed by atoms with E-state index in [-0.39, 0.29) is 0 Å². The van der Waals surface area contributed by atoms with Gasteiger partial charge >= 0.3 is 0 Å². The highest BCUT2D eigenvalue weighted by atomic mass is 32.2. The van der Waals surface area contributed by atoms with E-state index in [4.69, 9.17) is 10.7 Å². The molecule has 8 nitrogen and oxygen atoms in total. The summed E-state index contributed by atoms with van der Waals surface area (Å²) in [6, 6.07) is 12.5. The molecule has 34 heavy (non-hydrogen) atoms. The normalized spacial score (nSPS) is 16.1. The van der Waals surface area contributed by atoms with Crippen LogP contribution < -0.4 is 10.6 Å². The van der Waals surface area contributed by atoms with Gasteiger partial charge in [-0.15, -0.1) is 10.2 Å². The van der Waals surface area contributed by atoms with Crippen molar-refractivity contribution >= 4 is 45.8 Å². The number of anilines is 1. The molecule has 5 rings (SSSR count). The van der Waals surface area contributed by atoms with Gasteiger partial charge in [-0.1, -0.05) is 0 Å². The number of rotatable bonds is 5. The summed E-state index contributed by atoms with van der Waals surface area (Å²) in [5.41, 5.74) is 10.6. The fourth-order valence-corrected chi connectivity index (χ4v) is 5.07. The second kappa shape index (κ2) is 9.82. The first-order chi connectivity index (χ1) is 16.6. The molecule has 2 N–H and O–H groups in total. The second-order valence-corrected chi connectivity index (χ2v) is 9.47. The quantitative estimate of drug-likeness (QED) is 0.444. The zero-order valence-electron chi connectivity index (χ0n) is 19.4. The van der Waals surface area contributed by atoms with E-state index in [1.54, 1.807) is 31.2 Å². The lowest BCUT2D eigenvalue weighted by atomic mass is 10.1. The van der Waals surface area contributed by atoms with Gasteiger partial charge < -0.3 is 15.5 Å². The van der Waals surface area contributed by atoms with Crippen LogP contribution in [0.3, 0.4) is 0 Å². The number of pyridine rings is 2. The minimum atomic E-state index is 0.784. The van der Waals surface area contributed by atoms with Crippen molar-refractivity contribution in [2.24, 2.45) is 10.7 Å². The van der Waals surface area contributed by atoms with Crippen molar-refractivity contribution in [3.05, 3.63) is 60.6 Å². The van der Waals surface area contributed by atoms with Gasteiger partial charge in [0, 0.05) is 66.7 Å². The molecule has 0 unspecified atom stereocenters. The zero-order chi connectivity index (χ0) is 23.5. The number of nitrogens with zero attached hydrogens (tertiary/aromatic N) is 7. The van der Waals surface area contributed by atoms with Crippen molar-refractivity contribution < 1.29 is 0 Å². The molecular weight excluding hydrogens is 444 g/mol. The number of nitrogens with two attached hydrogens (primary N) is 1. The van der Waals surface area contributed by atoms with Crippen LogP contribution in [-0.4, -0.2) is 71.0 Å². The fourth-order valence-electron chi connectivity index (χ4n) is 4.21. The van der Waals surface area contributed by atoms with Crippen molar-refractivity contribution in [3.8, 4) is 0 Å². The molecule has 0 atom stereocenters. The topological polar surface area (TPSA) is 87.9 Å². The summed E-state index contributed by atoms with van der Waals surface area (Å²) >= 11 is 1.58. The van der Waals surface area contributed by atoms with Crippen LogP contribution in [0.1, 0.15) is 12.0 Å². The minimum absolute atomic E-state index is 0.784. The second-order valence-electron chi connectivity index (χ2n) is 8.43. The van der Waals surface area contributed by atoms with Crippen LogP contribution in [0.25, 0.3) is 22.1 Å².